The summed E-state index contributed by atoms with van der Waals surface area (Å²) in [4.78, 5) is 3.12. The standard InChI is InChI=1S/C11H13NO2/c1-2-14-7-9-6-8-4-3-5-10(13)11(8)12-9/h3-6,12-13H,2,7H2,1H3. The van der Waals surface area contributed by atoms with Crippen molar-refractivity contribution in [3.63, 3.8) is 0 Å². The molecule has 0 spiro atoms. The van der Waals surface area contributed by atoms with E-state index in [1.165, 1.54) is 0 Å². The van der Waals surface area contributed by atoms with Gasteiger partial charge in [-0.2, -0.15) is 0 Å². The lowest BCUT2D eigenvalue weighted by molar-refractivity contribution is 0.132. The molecule has 0 aliphatic carbocycles. The van der Waals surface area contributed by atoms with E-state index in [0.717, 1.165) is 16.6 Å². The van der Waals surface area contributed by atoms with Gasteiger partial charge < -0.3 is 14.8 Å². The van der Waals surface area contributed by atoms with E-state index in [4.69, 9.17) is 4.74 Å². The van der Waals surface area contributed by atoms with Crippen molar-refractivity contribution in [2.24, 2.45) is 0 Å². The van der Waals surface area contributed by atoms with E-state index < -0.39 is 0 Å². The van der Waals surface area contributed by atoms with Gasteiger partial charge in [-0.3, -0.25) is 0 Å². The summed E-state index contributed by atoms with van der Waals surface area (Å²) in [5.74, 6) is 0.283. The summed E-state index contributed by atoms with van der Waals surface area (Å²) in [5.41, 5.74) is 1.77. The minimum absolute atomic E-state index is 0.283. The summed E-state index contributed by atoms with van der Waals surface area (Å²) in [6.45, 7) is 3.21. The summed E-state index contributed by atoms with van der Waals surface area (Å²) in [7, 11) is 0. The Morgan fingerprint density at radius 2 is 2.29 bits per heavy atom. The predicted molar refractivity (Wildman–Crippen MR) is 55.3 cm³/mol. The number of phenols is 1. The number of nitrogens with one attached hydrogen (secondary N) is 1. The zero-order valence-corrected chi connectivity index (χ0v) is 8.08. The third-order valence-electron chi connectivity index (χ3n) is 2.15. The van der Waals surface area contributed by atoms with Crippen molar-refractivity contribution >= 4 is 10.9 Å². The van der Waals surface area contributed by atoms with Crippen molar-refractivity contribution in [2.45, 2.75) is 13.5 Å². The van der Waals surface area contributed by atoms with Gasteiger partial charge in [0.15, 0.2) is 0 Å². The SMILES string of the molecule is CCOCc1cc2cccc(O)c2[nH]1. The topological polar surface area (TPSA) is 45.2 Å². The fourth-order valence-electron chi connectivity index (χ4n) is 1.49. The molecule has 1 aromatic carbocycles. The second-order valence-electron chi connectivity index (χ2n) is 3.17. The van der Waals surface area contributed by atoms with Crippen LogP contribution in [0.2, 0.25) is 0 Å². The van der Waals surface area contributed by atoms with Crippen LogP contribution in [0.25, 0.3) is 10.9 Å². The summed E-state index contributed by atoms with van der Waals surface area (Å²) < 4.78 is 5.28. The number of hydrogen-bond acceptors (Lipinski definition) is 2. The number of ether oxygens (including phenoxy) is 1. The Bertz CT molecular complexity index is 434. The van der Waals surface area contributed by atoms with E-state index in [1.54, 1.807) is 6.07 Å². The average Bonchev–Trinajstić information content (AvgIpc) is 2.59. The van der Waals surface area contributed by atoms with Crippen LogP contribution in [0.1, 0.15) is 12.6 Å². The molecule has 2 aromatic rings. The van der Waals surface area contributed by atoms with Crippen LogP contribution in [0.15, 0.2) is 24.3 Å². The Hall–Kier alpha value is -1.48. The smallest absolute Gasteiger partial charge is 0.139 e. The Balaban J connectivity index is 2.36. The largest absolute Gasteiger partial charge is 0.506 e. The van der Waals surface area contributed by atoms with E-state index in [2.05, 4.69) is 4.98 Å². The second kappa shape index (κ2) is 3.72. The number of H-pyrrole nitrogens is 1. The van der Waals surface area contributed by atoms with Gasteiger partial charge in [0.25, 0.3) is 0 Å². The lowest BCUT2D eigenvalue weighted by atomic mass is 10.2. The zero-order chi connectivity index (χ0) is 9.97. The molecule has 3 nitrogen and oxygen atoms in total. The summed E-state index contributed by atoms with van der Waals surface area (Å²) >= 11 is 0. The molecule has 0 bridgehead atoms. The molecule has 0 amide bonds. The molecule has 3 heteroatoms. The number of rotatable bonds is 3. The second-order valence-corrected chi connectivity index (χ2v) is 3.17. The number of aromatic amines is 1. The Labute approximate surface area is 82.3 Å². The normalized spacial score (nSPS) is 10.9. The third kappa shape index (κ3) is 1.59. The van der Waals surface area contributed by atoms with Gasteiger partial charge in [0, 0.05) is 17.7 Å². The number of hydrogen-bond donors (Lipinski definition) is 2. The molecular formula is C11H13NO2. The highest BCUT2D eigenvalue weighted by Gasteiger charge is 2.03. The van der Waals surface area contributed by atoms with Crippen molar-refractivity contribution in [1.29, 1.82) is 0 Å². The van der Waals surface area contributed by atoms with Gasteiger partial charge in [-0.25, -0.2) is 0 Å². The van der Waals surface area contributed by atoms with Crippen LogP contribution in [-0.2, 0) is 11.3 Å². The molecule has 0 fully saturated rings. The molecule has 0 saturated carbocycles. The molecule has 14 heavy (non-hydrogen) atoms. The molecule has 0 aliphatic rings. The minimum Gasteiger partial charge on any atom is -0.506 e. The predicted octanol–water partition coefficient (Wildman–Crippen LogP) is 2.41. The van der Waals surface area contributed by atoms with Gasteiger partial charge in [0.05, 0.1) is 12.1 Å². The quantitative estimate of drug-likeness (QED) is 0.782. The molecule has 0 radical (unpaired) electrons. The first-order valence-electron chi connectivity index (χ1n) is 4.68. The van der Waals surface area contributed by atoms with Gasteiger partial charge in [-0.15, -0.1) is 0 Å². The summed E-state index contributed by atoms with van der Waals surface area (Å²) in [6, 6.07) is 7.45. The van der Waals surface area contributed by atoms with E-state index in [-0.39, 0.29) is 5.75 Å². The molecular weight excluding hydrogens is 178 g/mol. The monoisotopic (exact) mass is 191 g/mol. The maximum atomic E-state index is 9.54. The highest BCUT2D eigenvalue weighted by molar-refractivity contribution is 5.85. The van der Waals surface area contributed by atoms with Crippen LogP contribution in [0.4, 0.5) is 0 Å². The van der Waals surface area contributed by atoms with Crippen LogP contribution in [-0.4, -0.2) is 16.7 Å². The van der Waals surface area contributed by atoms with Gasteiger partial charge in [0.1, 0.15) is 5.75 Å². The summed E-state index contributed by atoms with van der Waals surface area (Å²) in [5, 5.41) is 10.6. The number of para-hydroxylation sites is 1. The third-order valence-corrected chi connectivity index (χ3v) is 2.15. The number of phenolic OH excluding ortho intramolecular Hbond substituents is 1. The van der Waals surface area contributed by atoms with E-state index in [0.29, 0.717) is 13.2 Å². The van der Waals surface area contributed by atoms with Gasteiger partial charge in [0.2, 0.25) is 0 Å². The maximum absolute atomic E-state index is 9.54. The number of fused-ring (bicyclic) bond motifs is 1. The molecule has 74 valence electrons. The Kier molecular flexibility index (Phi) is 2.41. The minimum atomic E-state index is 0.283. The molecule has 1 heterocycles. The molecule has 2 N–H and O–H groups in total. The number of aromatic hydroxyl groups is 1. The van der Waals surface area contributed by atoms with Crippen molar-refractivity contribution < 1.29 is 9.84 Å². The highest BCUT2D eigenvalue weighted by atomic mass is 16.5. The van der Waals surface area contributed by atoms with Crippen molar-refractivity contribution in [3.05, 3.63) is 30.0 Å². The zero-order valence-electron chi connectivity index (χ0n) is 8.08. The lowest BCUT2D eigenvalue weighted by Gasteiger charge is -1.96. The molecule has 0 aliphatic heterocycles. The van der Waals surface area contributed by atoms with E-state index in [1.807, 2.05) is 25.1 Å². The molecule has 0 saturated heterocycles. The first kappa shape index (κ1) is 9.09. The molecule has 0 atom stereocenters. The molecule has 0 unspecified atom stereocenters. The highest BCUT2D eigenvalue weighted by Crippen LogP contribution is 2.24. The molecule has 2 rings (SSSR count). The maximum Gasteiger partial charge on any atom is 0.139 e. The van der Waals surface area contributed by atoms with Crippen LogP contribution < -0.4 is 0 Å². The Morgan fingerprint density at radius 3 is 3.00 bits per heavy atom. The van der Waals surface area contributed by atoms with Gasteiger partial charge >= 0.3 is 0 Å². The number of aromatic nitrogens is 1. The van der Waals surface area contributed by atoms with Crippen molar-refractivity contribution in [3.8, 4) is 5.75 Å². The van der Waals surface area contributed by atoms with Crippen LogP contribution >= 0.6 is 0 Å². The summed E-state index contributed by atoms with van der Waals surface area (Å²) in [6.07, 6.45) is 0. The average molecular weight is 191 g/mol. The van der Waals surface area contributed by atoms with Crippen LogP contribution in [0.5, 0.6) is 5.75 Å². The molecule has 1 aromatic heterocycles. The van der Waals surface area contributed by atoms with Gasteiger partial charge in [-0.1, -0.05) is 12.1 Å². The van der Waals surface area contributed by atoms with E-state index in [9.17, 15) is 5.11 Å². The van der Waals surface area contributed by atoms with Crippen LogP contribution in [0, 0.1) is 0 Å². The first-order valence-corrected chi connectivity index (χ1v) is 4.68. The van der Waals surface area contributed by atoms with Gasteiger partial charge in [-0.05, 0) is 19.1 Å². The fourth-order valence-corrected chi connectivity index (χ4v) is 1.49. The van der Waals surface area contributed by atoms with Crippen molar-refractivity contribution in [1.82, 2.24) is 4.98 Å². The van der Waals surface area contributed by atoms with Crippen LogP contribution in [0.3, 0.4) is 0 Å². The number of benzene rings is 1. The fraction of sp³-hybridized carbons (Fsp3) is 0.273. The first-order chi connectivity index (χ1) is 6.81. The van der Waals surface area contributed by atoms with E-state index >= 15 is 0 Å². The lowest BCUT2D eigenvalue weighted by Crippen LogP contribution is -1.90. The van der Waals surface area contributed by atoms with Crippen molar-refractivity contribution in [2.75, 3.05) is 6.61 Å². The Morgan fingerprint density at radius 1 is 1.43 bits per heavy atom.